The zero-order valence-electron chi connectivity index (χ0n) is 19.8. The van der Waals surface area contributed by atoms with Gasteiger partial charge in [0.25, 0.3) is 5.91 Å². The van der Waals surface area contributed by atoms with Crippen molar-refractivity contribution in [1.29, 1.82) is 0 Å². The number of rotatable bonds is 6. The van der Waals surface area contributed by atoms with E-state index >= 15 is 0 Å². The number of nitrogens with one attached hydrogen (secondary N) is 2. The average molecular weight is 496 g/mol. The molecule has 2 aromatic carbocycles. The maximum absolute atomic E-state index is 14.4. The fourth-order valence-corrected chi connectivity index (χ4v) is 5.04. The second-order valence-corrected chi connectivity index (χ2v) is 9.96. The third kappa shape index (κ3) is 5.51. The molecule has 0 aliphatic carbocycles. The molecule has 0 fully saturated rings. The number of benzene rings is 2. The quantitative estimate of drug-likeness (QED) is 0.485. The topological polar surface area (TPSA) is 79.3 Å². The highest BCUT2D eigenvalue weighted by Crippen LogP contribution is 2.40. The van der Waals surface area contributed by atoms with Crippen molar-refractivity contribution in [2.75, 3.05) is 17.6 Å². The summed E-state index contributed by atoms with van der Waals surface area (Å²) in [5, 5.41) is 6.58. The SMILES string of the molecule is CC1CSC(NC(=O)c2ccccc2)=NC1(CNc1ncc(F)c(C(C)(C)F)n1)c1ccccc1. The fourth-order valence-electron chi connectivity index (χ4n) is 3.96. The van der Waals surface area contributed by atoms with Gasteiger partial charge in [0.15, 0.2) is 11.0 Å². The number of carbonyl (C=O) groups is 1. The van der Waals surface area contributed by atoms with Gasteiger partial charge in [-0.05, 0) is 37.5 Å². The van der Waals surface area contributed by atoms with E-state index in [9.17, 15) is 13.6 Å². The molecule has 4 rings (SSSR count). The van der Waals surface area contributed by atoms with Gasteiger partial charge in [0.1, 0.15) is 16.9 Å². The van der Waals surface area contributed by atoms with Crippen LogP contribution in [0, 0.1) is 11.7 Å². The van der Waals surface area contributed by atoms with Crippen LogP contribution in [-0.2, 0) is 11.2 Å². The van der Waals surface area contributed by atoms with Gasteiger partial charge in [-0.25, -0.2) is 23.7 Å². The molecule has 9 heteroatoms. The Morgan fingerprint density at radius 1 is 1.14 bits per heavy atom. The lowest BCUT2D eigenvalue weighted by Crippen LogP contribution is -2.46. The van der Waals surface area contributed by atoms with Gasteiger partial charge in [-0.15, -0.1) is 0 Å². The van der Waals surface area contributed by atoms with E-state index in [1.807, 2.05) is 36.4 Å². The number of anilines is 1. The van der Waals surface area contributed by atoms with Crippen molar-refractivity contribution in [3.8, 4) is 0 Å². The minimum Gasteiger partial charge on any atom is -0.351 e. The Morgan fingerprint density at radius 2 is 1.80 bits per heavy atom. The minimum absolute atomic E-state index is 0.0670. The number of alkyl halides is 1. The lowest BCUT2D eigenvalue weighted by Gasteiger charge is -2.40. The van der Waals surface area contributed by atoms with Gasteiger partial charge in [-0.3, -0.25) is 4.79 Å². The minimum atomic E-state index is -1.96. The van der Waals surface area contributed by atoms with Crippen LogP contribution in [0.15, 0.2) is 71.9 Å². The van der Waals surface area contributed by atoms with Crippen LogP contribution < -0.4 is 10.6 Å². The van der Waals surface area contributed by atoms with Crippen LogP contribution in [0.3, 0.4) is 0 Å². The molecule has 1 aliphatic rings. The largest absolute Gasteiger partial charge is 0.351 e. The van der Waals surface area contributed by atoms with Crippen molar-refractivity contribution in [3.05, 3.63) is 89.5 Å². The summed E-state index contributed by atoms with van der Waals surface area (Å²) in [5.74, 6) is -0.155. The van der Waals surface area contributed by atoms with Crippen LogP contribution in [0.4, 0.5) is 14.7 Å². The second kappa shape index (κ2) is 10.1. The van der Waals surface area contributed by atoms with Crippen LogP contribution in [0.5, 0.6) is 0 Å². The molecular weight excluding hydrogens is 468 g/mol. The maximum atomic E-state index is 14.4. The van der Waals surface area contributed by atoms with E-state index < -0.39 is 17.0 Å². The summed E-state index contributed by atoms with van der Waals surface area (Å²) in [6.45, 7) is 4.85. The molecule has 0 saturated carbocycles. The lowest BCUT2D eigenvalue weighted by molar-refractivity contribution is 0.0977. The number of halogens is 2. The Hall–Kier alpha value is -3.33. The van der Waals surface area contributed by atoms with Gasteiger partial charge in [0.2, 0.25) is 5.95 Å². The van der Waals surface area contributed by atoms with Crippen LogP contribution in [0.1, 0.15) is 42.4 Å². The Bertz CT molecular complexity index is 1220. The molecule has 0 saturated heterocycles. The van der Waals surface area contributed by atoms with Crippen LogP contribution in [0.25, 0.3) is 0 Å². The van der Waals surface area contributed by atoms with Gasteiger partial charge in [0.05, 0.1) is 6.20 Å². The van der Waals surface area contributed by atoms with Crippen LogP contribution in [-0.4, -0.2) is 33.3 Å². The molecule has 1 aliphatic heterocycles. The monoisotopic (exact) mass is 495 g/mol. The normalized spacial score (nSPS) is 20.1. The Balaban J connectivity index is 1.67. The summed E-state index contributed by atoms with van der Waals surface area (Å²) < 4.78 is 28.6. The average Bonchev–Trinajstić information content (AvgIpc) is 2.85. The maximum Gasteiger partial charge on any atom is 0.257 e. The van der Waals surface area contributed by atoms with E-state index in [0.717, 1.165) is 11.8 Å². The molecule has 2 heterocycles. The highest BCUT2D eigenvalue weighted by atomic mass is 32.2. The first-order chi connectivity index (χ1) is 16.7. The number of aliphatic imine (C=N–C) groups is 1. The van der Waals surface area contributed by atoms with E-state index in [1.54, 1.807) is 24.3 Å². The number of thioether (sulfide) groups is 1. The summed E-state index contributed by atoms with van der Waals surface area (Å²) in [7, 11) is 0. The molecule has 0 radical (unpaired) electrons. The van der Waals surface area contributed by atoms with Crippen molar-refractivity contribution < 1.29 is 13.6 Å². The number of hydrogen-bond acceptors (Lipinski definition) is 6. The third-order valence-corrected chi connectivity index (χ3v) is 7.07. The van der Waals surface area contributed by atoms with Crippen molar-refractivity contribution in [1.82, 2.24) is 15.3 Å². The summed E-state index contributed by atoms with van der Waals surface area (Å²) in [6, 6.07) is 18.7. The van der Waals surface area contributed by atoms with Gasteiger partial charge in [-0.1, -0.05) is 67.2 Å². The highest BCUT2D eigenvalue weighted by molar-refractivity contribution is 8.13. The lowest BCUT2D eigenvalue weighted by atomic mass is 9.80. The van der Waals surface area contributed by atoms with Crippen LogP contribution in [0.2, 0.25) is 0 Å². The van der Waals surface area contributed by atoms with E-state index in [-0.39, 0.29) is 30.0 Å². The Morgan fingerprint density at radius 3 is 2.46 bits per heavy atom. The summed E-state index contributed by atoms with van der Waals surface area (Å²) >= 11 is 1.48. The molecule has 35 heavy (non-hydrogen) atoms. The molecule has 1 amide bonds. The van der Waals surface area contributed by atoms with Crippen molar-refractivity contribution in [3.63, 3.8) is 0 Å². The molecule has 0 spiro atoms. The predicted octanol–water partition coefficient (Wildman–Crippen LogP) is 5.30. The molecular formula is C26H27F2N5OS. The summed E-state index contributed by atoms with van der Waals surface area (Å²) in [5.41, 5.74) is -1.55. The first-order valence-electron chi connectivity index (χ1n) is 11.3. The zero-order valence-corrected chi connectivity index (χ0v) is 20.6. The van der Waals surface area contributed by atoms with Crippen molar-refractivity contribution in [2.45, 2.75) is 32.0 Å². The fraction of sp³-hybridized carbons (Fsp3) is 0.308. The molecule has 2 atom stereocenters. The number of aromatic nitrogens is 2. The first kappa shape index (κ1) is 24.8. The predicted molar refractivity (Wildman–Crippen MR) is 136 cm³/mol. The molecule has 1 aromatic heterocycles. The molecule has 182 valence electrons. The number of amides is 1. The Labute approximate surface area is 207 Å². The van der Waals surface area contributed by atoms with E-state index in [1.165, 1.54) is 25.6 Å². The highest BCUT2D eigenvalue weighted by Gasteiger charge is 2.41. The zero-order chi connectivity index (χ0) is 25.1. The molecule has 2 N–H and O–H groups in total. The molecule has 2 unspecified atom stereocenters. The summed E-state index contributed by atoms with van der Waals surface area (Å²) in [6.07, 6.45) is 0.968. The van der Waals surface area contributed by atoms with Gasteiger partial charge >= 0.3 is 0 Å². The van der Waals surface area contributed by atoms with Gasteiger partial charge < -0.3 is 10.6 Å². The molecule has 3 aromatic rings. The van der Waals surface area contributed by atoms with E-state index in [2.05, 4.69) is 27.5 Å². The van der Waals surface area contributed by atoms with Crippen LogP contribution >= 0.6 is 11.8 Å². The van der Waals surface area contributed by atoms with Gasteiger partial charge in [0, 0.05) is 17.9 Å². The first-order valence-corrected chi connectivity index (χ1v) is 12.3. The van der Waals surface area contributed by atoms with Crippen molar-refractivity contribution >= 4 is 28.8 Å². The molecule has 0 bridgehead atoms. The van der Waals surface area contributed by atoms with Gasteiger partial charge in [-0.2, -0.15) is 0 Å². The van der Waals surface area contributed by atoms with E-state index in [4.69, 9.17) is 4.99 Å². The third-order valence-electron chi connectivity index (χ3n) is 5.94. The second-order valence-electron chi connectivity index (χ2n) is 8.96. The summed E-state index contributed by atoms with van der Waals surface area (Å²) in [4.78, 5) is 25.9. The standard InChI is InChI=1S/C26H27F2N5OS/c1-17-15-35-24(32-22(34)18-10-6-4-7-11-18)33-26(17,19-12-8-5-9-13-19)16-30-23-29-14-20(27)21(31-23)25(2,3)28/h4-14,17H,15-16H2,1-3H3,(H,29,30,31)(H,32,33,34). The van der Waals surface area contributed by atoms with Crippen molar-refractivity contribution in [2.24, 2.45) is 10.9 Å². The number of hydrogen-bond donors (Lipinski definition) is 2. The molecule has 6 nitrogen and oxygen atoms in total. The number of carbonyl (C=O) groups excluding carboxylic acids is 1. The number of amidine groups is 1. The van der Waals surface area contributed by atoms with E-state index in [0.29, 0.717) is 16.5 Å². The Kier molecular flexibility index (Phi) is 7.16. The smallest absolute Gasteiger partial charge is 0.257 e. The number of nitrogens with zero attached hydrogens (tertiary/aromatic N) is 3.